The molecule has 3 N–H and O–H groups in total. The number of para-hydroxylation sites is 1. The lowest BCUT2D eigenvalue weighted by molar-refractivity contribution is -0.153. The first-order valence-electron chi connectivity index (χ1n) is 6.16. The molecule has 1 unspecified atom stereocenters. The van der Waals surface area contributed by atoms with E-state index in [1.807, 2.05) is 19.1 Å². The third kappa shape index (κ3) is 3.79. The molecule has 0 heterocycles. The number of rotatable bonds is 5. The molecule has 0 aliphatic carbocycles. The average molecular weight is 289 g/mol. The predicted molar refractivity (Wildman–Crippen MR) is 72.0 cm³/mol. The normalized spacial score (nSPS) is 14.2. The Hall–Kier alpha value is -1.92. The van der Waals surface area contributed by atoms with E-state index in [-0.39, 0.29) is 6.54 Å². The number of amidine groups is 1. The van der Waals surface area contributed by atoms with Crippen molar-refractivity contribution in [1.82, 2.24) is 0 Å². The highest BCUT2D eigenvalue weighted by atomic mass is 19.4. The van der Waals surface area contributed by atoms with E-state index < -0.39 is 17.9 Å². The standard InChI is InChI=1S/C13H18F3N3O/c1-3-19(11-7-5-4-6-9(11)2)8-10(12(17)18-20)13(14,15)16/h4-7,10,20H,3,8H2,1-2H3,(H2,17,18). The second-order valence-electron chi connectivity index (χ2n) is 4.44. The van der Waals surface area contributed by atoms with Crippen LogP contribution in [0.5, 0.6) is 0 Å². The maximum absolute atomic E-state index is 13.0. The van der Waals surface area contributed by atoms with Crippen molar-refractivity contribution >= 4 is 11.5 Å². The Labute approximate surface area is 115 Å². The van der Waals surface area contributed by atoms with E-state index in [1.165, 1.54) is 0 Å². The molecule has 0 radical (unpaired) electrons. The first-order valence-corrected chi connectivity index (χ1v) is 6.16. The molecule has 0 saturated carbocycles. The molecule has 1 aromatic carbocycles. The van der Waals surface area contributed by atoms with Gasteiger partial charge in [0, 0.05) is 18.8 Å². The molecule has 0 aliphatic rings. The minimum atomic E-state index is -4.56. The first-order chi connectivity index (χ1) is 9.31. The second-order valence-corrected chi connectivity index (χ2v) is 4.44. The molecule has 0 spiro atoms. The summed E-state index contributed by atoms with van der Waals surface area (Å²) in [6.07, 6.45) is -4.56. The number of halogens is 3. The van der Waals surface area contributed by atoms with Gasteiger partial charge < -0.3 is 15.8 Å². The van der Waals surface area contributed by atoms with E-state index in [4.69, 9.17) is 10.9 Å². The Bertz CT molecular complexity index is 474. The van der Waals surface area contributed by atoms with Crippen LogP contribution in [0.2, 0.25) is 0 Å². The van der Waals surface area contributed by atoms with Gasteiger partial charge in [-0.05, 0) is 25.5 Å². The first kappa shape index (κ1) is 16.1. The van der Waals surface area contributed by atoms with Crippen LogP contribution in [0, 0.1) is 12.8 Å². The molecule has 0 bridgehead atoms. The molecule has 1 aromatic rings. The number of aryl methyl sites for hydroxylation is 1. The van der Waals surface area contributed by atoms with Crippen molar-refractivity contribution < 1.29 is 18.4 Å². The van der Waals surface area contributed by atoms with Crippen molar-refractivity contribution in [3.05, 3.63) is 29.8 Å². The fourth-order valence-corrected chi connectivity index (χ4v) is 1.97. The Morgan fingerprint density at radius 3 is 2.45 bits per heavy atom. The van der Waals surface area contributed by atoms with Gasteiger partial charge in [-0.25, -0.2) is 0 Å². The molecule has 7 heteroatoms. The van der Waals surface area contributed by atoms with Crippen molar-refractivity contribution in [3.8, 4) is 0 Å². The largest absolute Gasteiger partial charge is 0.409 e. The summed E-state index contributed by atoms with van der Waals surface area (Å²) in [4.78, 5) is 1.56. The number of anilines is 1. The topological polar surface area (TPSA) is 61.8 Å². The maximum atomic E-state index is 13.0. The molecular weight excluding hydrogens is 271 g/mol. The van der Waals surface area contributed by atoms with Gasteiger partial charge in [0.15, 0.2) is 5.84 Å². The Kier molecular flexibility index (Phi) is 5.24. The zero-order chi connectivity index (χ0) is 15.3. The predicted octanol–water partition coefficient (Wildman–Crippen LogP) is 2.75. The van der Waals surface area contributed by atoms with Gasteiger partial charge in [0.2, 0.25) is 0 Å². The number of hydrogen-bond acceptors (Lipinski definition) is 3. The molecule has 0 fully saturated rings. The van der Waals surface area contributed by atoms with E-state index in [0.717, 1.165) is 5.56 Å². The molecule has 0 amide bonds. The second kappa shape index (κ2) is 6.49. The summed E-state index contributed by atoms with van der Waals surface area (Å²) in [6, 6.07) is 7.15. The van der Waals surface area contributed by atoms with Gasteiger partial charge in [0.05, 0.1) is 0 Å². The molecule has 0 aliphatic heterocycles. The van der Waals surface area contributed by atoms with Crippen molar-refractivity contribution in [2.24, 2.45) is 16.8 Å². The van der Waals surface area contributed by atoms with Gasteiger partial charge in [-0.1, -0.05) is 23.4 Å². The minimum Gasteiger partial charge on any atom is -0.409 e. The molecule has 4 nitrogen and oxygen atoms in total. The van der Waals surface area contributed by atoms with E-state index in [1.54, 1.807) is 24.0 Å². The monoisotopic (exact) mass is 289 g/mol. The van der Waals surface area contributed by atoms with Crippen molar-refractivity contribution in [1.29, 1.82) is 0 Å². The minimum absolute atomic E-state index is 0.385. The quantitative estimate of drug-likeness (QED) is 0.379. The molecule has 112 valence electrons. The smallest absolute Gasteiger partial charge is 0.400 e. The van der Waals surface area contributed by atoms with Crippen molar-refractivity contribution in [3.63, 3.8) is 0 Å². The fourth-order valence-electron chi connectivity index (χ4n) is 1.97. The van der Waals surface area contributed by atoms with Crippen LogP contribution in [-0.4, -0.2) is 30.3 Å². The fraction of sp³-hybridized carbons (Fsp3) is 0.462. The van der Waals surface area contributed by atoms with Crippen molar-refractivity contribution in [2.45, 2.75) is 20.0 Å². The number of nitrogens with zero attached hydrogens (tertiary/aromatic N) is 2. The molecule has 1 rings (SSSR count). The van der Waals surface area contributed by atoms with Crippen LogP contribution in [0.15, 0.2) is 29.4 Å². The molecular formula is C13H18F3N3O. The summed E-state index contributed by atoms with van der Waals surface area (Å²) < 4.78 is 38.9. The average Bonchev–Trinajstić information content (AvgIpc) is 2.39. The summed E-state index contributed by atoms with van der Waals surface area (Å²) in [7, 11) is 0. The number of benzene rings is 1. The van der Waals surface area contributed by atoms with Crippen LogP contribution in [-0.2, 0) is 0 Å². The molecule has 0 aromatic heterocycles. The van der Waals surface area contributed by atoms with Crippen LogP contribution >= 0.6 is 0 Å². The van der Waals surface area contributed by atoms with E-state index in [2.05, 4.69) is 5.16 Å². The van der Waals surface area contributed by atoms with Crippen LogP contribution in [0.3, 0.4) is 0 Å². The number of oxime groups is 1. The third-order valence-corrected chi connectivity index (χ3v) is 3.11. The maximum Gasteiger partial charge on any atom is 0.400 e. The third-order valence-electron chi connectivity index (χ3n) is 3.11. The van der Waals surface area contributed by atoms with Gasteiger partial charge in [0.25, 0.3) is 0 Å². The SMILES string of the molecule is CCN(CC(/C(N)=N/O)C(F)(F)F)c1ccccc1C. The van der Waals surface area contributed by atoms with Gasteiger partial charge in [0.1, 0.15) is 5.92 Å². The Balaban J connectivity index is 3.05. The van der Waals surface area contributed by atoms with Gasteiger partial charge in [-0.15, -0.1) is 0 Å². The molecule has 1 atom stereocenters. The number of nitrogens with two attached hydrogens (primary N) is 1. The Morgan fingerprint density at radius 2 is 2.00 bits per heavy atom. The van der Waals surface area contributed by atoms with Gasteiger partial charge in [-0.3, -0.25) is 0 Å². The highest BCUT2D eigenvalue weighted by Crippen LogP contribution is 2.29. The van der Waals surface area contributed by atoms with Gasteiger partial charge in [-0.2, -0.15) is 13.2 Å². The summed E-state index contributed by atoms with van der Waals surface area (Å²) in [6.45, 7) is 3.58. The lowest BCUT2D eigenvalue weighted by atomic mass is 10.1. The van der Waals surface area contributed by atoms with Crippen LogP contribution in [0.1, 0.15) is 12.5 Å². The zero-order valence-corrected chi connectivity index (χ0v) is 11.4. The van der Waals surface area contributed by atoms with Gasteiger partial charge >= 0.3 is 6.18 Å². The van der Waals surface area contributed by atoms with Crippen molar-refractivity contribution in [2.75, 3.05) is 18.0 Å². The van der Waals surface area contributed by atoms with E-state index >= 15 is 0 Å². The zero-order valence-electron chi connectivity index (χ0n) is 11.4. The molecule has 0 saturated heterocycles. The lowest BCUT2D eigenvalue weighted by Crippen LogP contribution is -2.44. The summed E-state index contributed by atoms with van der Waals surface area (Å²) >= 11 is 0. The van der Waals surface area contributed by atoms with E-state index in [9.17, 15) is 13.2 Å². The summed E-state index contributed by atoms with van der Waals surface area (Å²) in [5, 5.41) is 11.0. The molecule has 20 heavy (non-hydrogen) atoms. The highest BCUT2D eigenvalue weighted by Gasteiger charge is 2.43. The summed E-state index contributed by atoms with van der Waals surface area (Å²) in [5.41, 5.74) is 6.75. The number of alkyl halides is 3. The highest BCUT2D eigenvalue weighted by molar-refractivity contribution is 5.83. The number of hydrogen-bond donors (Lipinski definition) is 2. The lowest BCUT2D eigenvalue weighted by Gasteiger charge is -2.30. The Morgan fingerprint density at radius 1 is 1.40 bits per heavy atom. The van der Waals surface area contributed by atoms with Crippen LogP contribution < -0.4 is 10.6 Å². The van der Waals surface area contributed by atoms with Crippen LogP contribution in [0.4, 0.5) is 18.9 Å². The van der Waals surface area contributed by atoms with Crippen LogP contribution in [0.25, 0.3) is 0 Å². The summed E-state index contributed by atoms with van der Waals surface area (Å²) in [5.74, 6) is -2.84. The van der Waals surface area contributed by atoms with E-state index in [0.29, 0.717) is 12.2 Å².